The standard InChI is InChI=1S/C13H7Cl2IN2S/c14-7-1-3-10(9(16)5-7)17-13-18-11-6-8(15)2-4-12(11)19-13/h1-6H,(H,17,18). The van der Waals surface area contributed by atoms with Crippen molar-refractivity contribution < 1.29 is 0 Å². The van der Waals surface area contributed by atoms with Crippen LogP contribution in [0.1, 0.15) is 0 Å². The Morgan fingerprint density at radius 1 is 1.05 bits per heavy atom. The minimum atomic E-state index is 0.699. The van der Waals surface area contributed by atoms with Crippen LogP contribution in [-0.2, 0) is 0 Å². The third-order valence-corrected chi connectivity index (χ3v) is 4.84. The molecule has 0 atom stereocenters. The van der Waals surface area contributed by atoms with Crippen LogP contribution in [0.2, 0.25) is 10.0 Å². The average Bonchev–Trinajstić information content (AvgIpc) is 2.74. The molecule has 3 aromatic rings. The Labute approximate surface area is 137 Å². The van der Waals surface area contributed by atoms with E-state index in [-0.39, 0.29) is 0 Å². The van der Waals surface area contributed by atoms with E-state index in [0.717, 1.165) is 29.6 Å². The van der Waals surface area contributed by atoms with Crippen molar-refractivity contribution in [3.8, 4) is 0 Å². The molecule has 0 aliphatic rings. The molecule has 0 amide bonds. The predicted molar refractivity (Wildman–Crippen MR) is 92.1 cm³/mol. The van der Waals surface area contributed by atoms with Gasteiger partial charge in [0.25, 0.3) is 0 Å². The zero-order valence-corrected chi connectivity index (χ0v) is 13.9. The van der Waals surface area contributed by atoms with Crippen LogP contribution < -0.4 is 5.32 Å². The number of thiazole rings is 1. The van der Waals surface area contributed by atoms with Crippen LogP contribution >= 0.6 is 57.1 Å². The summed E-state index contributed by atoms with van der Waals surface area (Å²) >= 11 is 15.7. The van der Waals surface area contributed by atoms with Crippen molar-refractivity contribution in [2.75, 3.05) is 5.32 Å². The van der Waals surface area contributed by atoms with Crippen molar-refractivity contribution in [2.45, 2.75) is 0 Å². The summed E-state index contributed by atoms with van der Waals surface area (Å²) in [6, 6.07) is 11.4. The second-order valence-corrected chi connectivity index (χ2v) is 6.95. The average molecular weight is 421 g/mol. The largest absolute Gasteiger partial charge is 0.331 e. The number of anilines is 2. The van der Waals surface area contributed by atoms with Crippen molar-refractivity contribution in [1.82, 2.24) is 4.98 Å². The summed E-state index contributed by atoms with van der Waals surface area (Å²) in [4.78, 5) is 4.52. The van der Waals surface area contributed by atoms with E-state index in [0.29, 0.717) is 5.02 Å². The molecular formula is C13H7Cl2IN2S. The van der Waals surface area contributed by atoms with Gasteiger partial charge in [-0.15, -0.1) is 0 Å². The Bertz CT molecular complexity index is 757. The highest BCUT2D eigenvalue weighted by Gasteiger charge is 2.07. The van der Waals surface area contributed by atoms with Gasteiger partial charge in [0.05, 0.1) is 15.9 Å². The summed E-state index contributed by atoms with van der Waals surface area (Å²) in [5.41, 5.74) is 1.90. The van der Waals surface area contributed by atoms with Gasteiger partial charge in [-0.2, -0.15) is 0 Å². The Balaban J connectivity index is 1.96. The lowest BCUT2D eigenvalue weighted by atomic mass is 10.3. The van der Waals surface area contributed by atoms with Crippen LogP contribution in [0.4, 0.5) is 10.8 Å². The molecule has 96 valence electrons. The first-order valence-electron chi connectivity index (χ1n) is 5.40. The number of nitrogens with zero attached hydrogens (tertiary/aromatic N) is 1. The smallest absolute Gasteiger partial charge is 0.188 e. The number of aromatic nitrogens is 1. The van der Waals surface area contributed by atoms with Crippen LogP contribution in [0.15, 0.2) is 36.4 Å². The summed E-state index contributed by atoms with van der Waals surface area (Å²) in [6.07, 6.45) is 0. The SMILES string of the molecule is Clc1ccc(Nc2nc3cc(Cl)ccc3s2)c(I)c1. The Kier molecular flexibility index (Phi) is 3.84. The summed E-state index contributed by atoms with van der Waals surface area (Å²) in [5, 5.41) is 5.58. The van der Waals surface area contributed by atoms with Gasteiger partial charge < -0.3 is 5.32 Å². The number of fused-ring (bicyclic) bond motifs is 1. The van der Waals surface area contributed by atoms with Crippen molar-refractivity contribution in [3.05, 3.63) is 50.0 Å². The minimum Gasteiger partial charge on any atom is -0.331 e. The third-order valence-electron chi connectivity index (χ3n) is 2.52. The molecule has 0 bridgehead atoms. The Morgan fingerprint density at radius 3 is 2.58 bits per heavy atom. The van der Waals surface area contributed by atoms with Gasteiger partial charge in [0.2, 0.25) is 0 Å². The molecule has 0 aliphatic carbocycles. The molecule has 1 aromatic heterocycles. The maximum absolute atomic E-state index is 5.96. The van der Waals surface area contributed by atoms with Gasteiger partial charge in [0.15, 0.2) is 5.13 Å². The van der Waals surface area contributed by atoms with Gasteiger partial charge in [-0.05, 0) is 59.0 Å². The van der Waals surface area contributed by atoms with Crippen molar-refractivity contribution in [2.24, 2.45) is 0 Å². The first-order valence-corrected chi connectivity index (χ1v) is 8.05. The molecular weight excluding hydrogens is 414 g/mol. The van der Waals surface area contributed by atoms with Gasteiger partial charge in [-0.25, -0.2) is 4.98 Å². The monoisotopic (exact) mass is 420 g/mol. The minimum absolute atomic E-state index is 0.699. The number of halogens is 3. The van der Waals surface area contributed by atoms with Crippen molar-refractivity contribution >= 4 is 78.2 Å². The number of hydrogen-bond donors (Lipinski definition) is 1. The highest BCUT2D eigenvalue weighted by Crippen LogP contribution is 2.32. The number of nitrogens with one attached hydrogen (secondary N) is 1. The van der Waals surface area contributed by atoms with Gasteiger partial charge in [0.1, 0.15) is 0 Å². The molecule has 6 heteroatoms. The lowest BCUT2D eigenvalue weighted by Crippen LogP contribution is -1.91. The summed E-state index contributed by atoms with van der Waals surface area (Å²) in [5.74, 6) is 0. The first-order chi connectivity index (χ1) is 9.11. The van der Waals surface area contributed by atoms with Gasteiger partial charge >= 0.3 is 0 Å². The molecule has 2 aromatic carbocycles. The van der Waals surface area contributed by atoms with E-state index in [4.69, 9.17) is 23.2 Å². The molecule has 0 saturated heterocycles. The molecule has 0 fully saturated rings. The quantitative estimate of drug-likeness (QED) is 0.518. The van der Waals surface area contributed by atoms with E-state index in [1.54, 1.807) is 11.3 Å². The molecule has 0 radical (unpaired) electrons. The van der Waals surface area contributed by atoms with E-state index in [1.807, 2.05) is 36.4 Å². The second-order valence-electron chi connectivity index (χ2n) is 3.88. The first kappa shape index (κ1) is 13.4. The number of benzene rings is 2. The van der Waals surface area contributed by atoms with Crippen LogP contribution in [0.5, 0.6) is 0 Å². The molecule has 0 aliphatic heterocycles. The molecule has 19 heavy (non-hydrogen) atoms. The highest BCUT2D eigenvalue weighted by atomic mass is 127. The molecule has 0 unspecified atom stereocenters. The van der Waals surface area contributed by atoms with Crippen LogP contribution in [0, 0.1) is 3.57 Å². The van der Waals surface area contributed by atoms with E-state index in [2.05, 4.69) is 32.9 Å². The van der Waals surface area contributed by atoms with E-state index < -0.39 is 0 Å². The van der Waals surface area contributed by atoms with E-state index >= 15 is 0 Å². The van der Waals surface area contributed by atoms with Crippen molar-refractivity contribution in [3.63, 3.8) is 0 Å². The number of rotatable bonds is 2. The van der Waals surface area contributed by atoms with Gasteiger partial charge in [-0.3, -0.25) is 0 Å². The summed E-state index contributed by atoms with van der Waals surface area (Å²) < 4.78 is 2.17. The fourth-order valence-corrected chi connectivity index (χ4v) is 3.69. The topological polar surface area (TPSA) is 24.9 Å². The summed E-state index contributed by atoms with van der Waals surface area (Å²) in [6.45, 7) is 0. The van der Waals surface area contributed by atoms with Crippen LogP contribution in [0.25, 0.3) is 10.2 Å². The molecule has 0 saturated carbocycles. The normalized spacial score (nSPS) is 10.9. The maximum atomic E-state index is 5.96. The molecule has 2 nitrogen and oxygen atoms in total. The third kappa shape index (κ3) is 2.97. The zero-order valence-electron chi connectivity index (χ0n) is 9.45. The zero-order chi connectivity index (χ0) is 13.4. The Morgan fingerprint density at radius 2 is 1.79 bits per heavy atom. The molecule has 1 heterocycles. The van der Waals surface area contributed by atoms with E-state index in [1.165, 1.54) is 0 Å². The predicted octanol–water partition coefficient (Wildman–Crippen LogP) is 5.95. The fourth-order valence-electron chi connectivity index (χ4n) is 1.66. The molecule has 0 spiro atoms. The van der Waals surface area contributed by atoms with Crippen molar-refractivity contribution in [1.29, 1.82) is 0 Å². The van der Waals surface area contributed by atoms with Gasteiger partial charge in [-0.1, -0.05) is 34.5 Å². The maximum Gasteiger partial charge on any atom is 0.188 e. The summed E-state index contributed by atoms with van der Waals surface area (Å²) in [7, 11) is 0. The number of hydrogen-bond acceptors (Lipinski definition) is 3. The fraction of sp³-hybridized carbons (Fsp3) is 0. The molecule has 3 rings (SSSR count). The highest BCUT2D eigenvalue weighted by molar-refractivity contribution is 14.1. The second kappa shape index (κ2) is 5.44. The lowest BCUT2D eigenvalue weighted by Gasteiger charge is -2.05. The van der Waals surface area contributed by atoms with Crippen LogP contribution in [0.3, 0.4) is 0 Å². The molecule has 1 N–H and O–H groups in total. The van der Waals surface area contributed by atoms with Crippen LogP contribution in [-0.4, -0.2) is 4.98 Å². The Hall–Kier alpha value is -0.560. The lowest BCUT2D eigenvalue weighted by molar-refractivity contribution is 1.43. The van der Waals surface area contributed by atoms with E-state index in [9.17, 15) is 0 Å². The van der Waals surface area contributed by atoms with Gasteiger partial charge in [0, 0.05) is 13.6 Å².